The van der Waals surface area contributed by atoms with E-state index >= 15 is 0 Å². The molecule has 5 nitrogen and oxygen atoms in total. The molecule has 1 aromatic rings. The van der Waals surface area contributed by atoms with Crippen LogP contribution < -0.4 is 20.7 Å². The minimum absolute atomic E-state index is 0.0113. The Bertz CT molecular complexity index is 365. The number of hydrogen-bond donors (Lipinski definition) is 2. The summed E-state index contributed by atoms with van der Waals surface area (Å²) in [6, 6.07) is 7.65. The highest BCUT2D eigenvalue weighted by molar-refractivity contribution is 5.81. The molecule has 0 spiro atoms. The Morgan fingerprint density at radius 2 is 2.06 bits per heavy atom. The second-order valence-corrected chi connectivity index (χ2v) is 3.93. The van der Waals surface area contributed by atoms with Gasteiger partial charge in [-0.2, -0.15) is 0 Å². The van der Waals surface area contributed by atoms with E-state index in [0.29, 0.717) is 13.1 Å². The standard InChI is InChI=1S/C13H21N3O2/c1-15-13(17)10-16(9-3-8-14)11-4-6-12(18-2)7-5-11/h4-7H,3,8-10,14H2,1-2H3,(H,15,17). The van der Waals surface area contributed by atoms with E-state index in [2.05, 4.69) is 5.32 Å². The van der Waals surface area contributed by atoms with Crippen molar-refractivity contribution in [1.29, 1.82) is 0 Å². The van der Waals surface area contributed by atoms with Crippen molar-refractivity contribution in [2.45, 2.75) is 6.42 Å². The van der Waals surface area contributed by atoms with Gasteiger partial charge >= 0.3 is 0 Å². The summed E-state index contributed by atoms with van der Waals surface area (Å²) in [4.78, 5) is 13.5. The van der Waals surface area contributed by atoms with Gasteiger partial charge in [-0.25, -0.2) is 0 Å². The molecule has 0 aliphatic carbocycles. The molecule has 100 valence electrons. The zero-order valence-electron chi connectivity index (χ0n) is 11.0. The number of carbonyl (C=O) groups is 1. The number of anilines is 1. The van der Waals surface area contributed by atoms with E-state index < -0.39 is 0 Å². The SMILES string of the molecule is CNC(=O)CN(CCCN)c1ccc(OC)cc1. The zero-order chi connectivity index (χ0) is 13.4. The van der Waals surface area contributed by atoms with Crippen LogP contribution >= 0.6 is 0 Å². The van der Waals surface area contributed by atoms with Gasteiger partial charge in [-0.1, -0.05) is 0 Å². The van der Waals surface area contributed by atoms with Crippen molar-refractivity contribution >= 4 is 11.6 Å². The maximum absolute atomic E-state index is 11.5. The maximum atomic E-state index is 11.5. The van der Waals surface area contributed by atoms with Crippen molar-refractivity contribution < 1.29 is 9.53 Å². The summed E-state index contributed by atoms with van der Waals surface area (Å²) < 4.78 is 5.11. The van der Waals surface area contributed by atoms with Crippen molar-refractivity contribution in [3.8, 4) is 5.75 Å². The molecular weight excluding hydrogens is 230 g/mol. The van der Waals surface area contributed by atoms with Gasteiger partial charge in [0, 0.05) is 19.3 Å². The molecule has 0 heterocycles. The highest BCUT2D eigenvalue weighted by Crippen LogP contribution is 2.19. The van der Waals surface area contributed by atoms with E-state index in [0.717, 1.165) is 24.4 Å². The van der Waals surface area contributed by atoms with Gasteiger partial charge < -0.3 is 20.7 Å². The molecule has 0 aliphatic heterocycles. The molecule has 1 aromatic carbocycles. The molecule has 0 radical (unpaired) electrons. The lowest BCUT2D eigenvalue weighted by molar-refractivity contribution is -0.119. The quantitative estimate of drug-likeness (QED) is 0.744. The summed E-state index contributed by atoms with van der Waals surface area (Å²) in [5.74, 6) is 0.792. The number of hydrogen-bond acceptors (Lipinski definition) is 4. The maximum Gasteiger partial charge on any atom is 0.239 e. The number of ether oxygens (including phenoxy) is 1. The molecule has 0 saturated carbocycles. The summed E-state index contributed by atoms with van der Waals surface area (Å²) in [6.07, 6.45) is 0.850. The van der Waals surface area contributed by atoms with Crippen LogP contribution in [0.2, 0.25) is 0 Å². The molecule has 0 saturated heterocycles. The van der Waals surface area contributed by atoms with Crippen molar-refractivity contribution in [2.75, 3.05) is 38.7 Å². The van der Waals surface area contributed by atoms with Crippen LogP contribution in [0.1, 0.15) is 6.42 Å². The van der Waals surface area contributed by atoms with Crippen LogP contribution in [0, 0.1) is 0 Å². The number of rotatable bonds is 7. The van der Waals surface area contributed by atoms with Crippen LogP contribution in [0.4, 0.5) is 5.69 Å². The lowest BCUT2D eigenvalue weighted by atomic mass is 10.2. The molecule has 1 amide bonds. The van der Waals surface area contributed by atoms with Crippen LogP contribution in [-0.4, -0.2) is 39.7 Å². The van der Waals surface area contributed by atoms with Crippen LogP contribution in [0.5, 0.6) is 5.75 Å². The smallest absolute Gasteiger partial charge is 0.239 e. The summed E-state index contributed by atoms with van der Waals surface area (Å²) in [5.41, 5.74) is 6.51. The Balaban J connectivity index is 2.75. The molecule has 5 heteroatoms. The van der Waals surface area contributed by atoms with Crippen LogP contribution in [0.3, 0.4) is 0 Å². The Kier molecular flexibility index (Phi) is 6.00. The second-order valence-electron chi connectivity index (χ2n) is 3.93. The third kappa shape index (κ3) is 4.25. The van der Waals surface area contributed by atoms with Gasteiger partial charge in [0.15, 0.2) is 0 Å². The number of methoxy groups -OCH3 is 1. The van der Waals surface area contributed by atoms with Crippen molar-refractivity contribution in [2.24, 2.45) is 5.73 Å². The largest absolute Gasteiger partial charge is 0.497 e. The fourth-order valence-electron chi connectivity index (χ4n) is 1.63. The van der Waals surface area contributed by atoms with Crippen LogP contribution in [0.25, 0.3) is 0 Å². The topological polar surface area (TPSA) is 67.6 Å². The minimum Gasteiger partial charge on any atom is -0.497 e. The molecule has 1 rings (SSSR count). The summed E-state index contributed by atoms with van der Waals surface area (Å²) >= 11 is 0. The molecule has 0 aromatic heterocycles. The lowest BCUT2D eigenvalue weighted by Gasteiger charge is -2.23. The van der Waals surface area contributed by atoms with Crippen molar-refractivity contribution in [3.63, 3.8) is 0 Å². The van der Waals surface area contributed by atoms with Gasteiger partial charge in [-0.15, -0.1) is 0 Å². The van der Waals surface area contributed by atoms with Gasteiger partial charge in [0.05, 0.1) is 13.7 Å². The first-order chi connectivity index (χ1) is 8.71. The van der Waals surface area contributed by atoms with Crippen LogP contribution in [-0.2, 0) is 4.79 Å². The van der Waals surface area contributed by atoms with Gasteiger partial charge in [-0.05, 0) is 37.2 Å². The molecule has 18 heavy (non-hydrogen) atoms. The molecule has 0 atom stereocenters. The molecular formula is C13H21N3O2. The van der Waals surface area contributed by atoms with Gasteiger partial charge in [0.25, 0.3) is 0 Å². The first kappa shape index (κ1) is 14.3. The first-order valence-electron chi connectivity index (χ1n) is 6.01. The fourth-order valence-corrected chi connectivity index (χ4v) is 1.63. The molecule has 0 aliphatic rings. The number of nitrogens with zero attached hydrogens (tertiary/aromatic N) is 1. The summed E-state index contributed by atoms with van der Waals surface area (Å²) in [5, 5.41) is 2.63. The van der Waals surface area contributed by atoms with Gasteiger partial charge in [0.1, 0.15) is 5.75 Å². The van der Waals surface area contributed by atoms with Gasteiger partial charge in [-0.3, -0.25) is 4.79 Å². The van der Waals surface area contributed by atoms with Crippen molar-refractivity contribution in [3.05, 3.63) is 24.3 Å². The minimum atomic E-state index is -0.0113. The number of nitrogens with one attached hydrogen (secondary N) is 1. The van der Waals surface area contributed by atoms with E-state index in [9.17, 15) is 4.79 Å². The highest BCUT2D eigenvalue weighted by atomic mass is 16.5. The fraction of sp³-hybridized carbons (Fsp3) is 0.462. The zero-order valence-corrected chi connectivity index (χ0v) is 11.0. The number of nitrogens with two attached hydrogens (primary N) is 1. The molecule has 0 unspecified atom stereocenters. The average molecular weight is 251 g/mol. The van der Waals surface area contributed by atoms with E-state index in [-0.39, 0.29) is 5.91 Å². The monoisotopic (exact) mass is 251 g/mol. The Labute approximate surface area is 108 Å². The van der Waals surface area contributed by atoms with Gasteiger partial charge in [0.2, 0.25) is 5.91 Å². The third-order valence-electron chi connectivity index (χ3n) is 2.68. The number of carbonyl (C=O) groups excluding carboxylic acids is 1. The van der Waals surface area contributed by atoms with E-state index in [4.69, 9.17) is 10.5 Å². The molecule has 3 N–H and O–H groups in total. The number of amides is 1. The van der Waals surface area contributed by atoms with E-state index in [1.807, 2.05) is 29.2 Å². The predicted octanol–water partition coefficient (Wildman–Crippen LogP) is 0.596. The predicted molar refractivity (Wildman–Crippen MR) is 72.9 cm³/mol. The average Bonchev–Trinajstić information content (AvgIpc) is 2.43. The Morgan fingerprint density at radius 1 is 1.39 bits per heavy atom. The Hall–Kier alpha value is -1.75. The second kappa shape index (κ2) is 7.55. The third-order valence-corrected chi connectivity index (χ3v) is 2.68. The first-order valence-corrected chi connectivity index (χ1v) is 6.01. The van der Waals surface area contributed by atoms with Crippen LogP contribution in [0.15, 0.2) is 24.3 Å². The number of benzene rings is 1. The molecule has 0 fully saturated rings. The summed E-state index contributed by atoms with van der Waals surface area (Å²) in [7, 11) is 3.27. The summed E-state index contributed by atoms with van der Waals surface area (Å²) in [6.45, 7) is 1.71. The van der Waals surface area contributed by atoms with E-state index in [1.165, 1.54) is 0 Å². The highest BCUT2D eigenvalue weighted by Gasteiger charge is 2.10. The Morgan fingerprint density at radius 3 is 2.56 bits per heavy atom. The normalized spacial score (nSPS) is 9.94. The molecule has 0 bridgehead atoms. The number of likely N-dealkylation sites (N-methyl/N-ethyl adjacent to an activating group) is 1. The lowest BCUT2D eigenvalue weighted by Crippen LogP contribution is -2.36. The van der Waals surface area contributed by atoms with Crippen molar-refractivity contribution in [1.82, 2.24) is 5.32 Å². The van der Waals surface area contributed by atoms with E-state index in [1.54, 1.807) is 14.2 Å².